The summed E-state index contributed by atoms with van der Waals surface area (Å²) in [5.41, 5.74) is -4.72. The van der Waals surface area contributed by atoms with Crippen LogP contribution in [0.4, 0.5) is 5.69 Å². The highest BCUT2D eigenvalue weighted by Crippen LogP contribution is 2.80. The van der Waals surface area contributed by atoms with Crippen molar-refractivity contribution in [3.8, 4) is 0 Å². The Morgan fingerprint density at radius 1 is 1.06 bits per heavy atom. The van der Waals surface area contributed by atoms with Gasteiger partial charge in [0.15, 0.2) is 0 Å². The summed E-state index contributed by atoms with van der Waals surface area (Å²) in [6.45, 7) is 6.10. The van der Waals surface area contributed by atoms with Crippen molar-refractivity contribution in [3.05, 3.63) is 29.8 Å². The Morgan fingerprint density at radius 2 is 1.80 bits per heavy atom. The number of para-hydroxylation sites is 1. The molecule has 8 rings (SSSR count). The number of methoxy groups -OCH3 is 3. The summed E-state index contributed by atoms with van der Waals surface area (Å²) in [4.78, 5) is 55.9. The molecule has 1 unspecified atom stereocenters. The predicted octanol–water partition coefficient (Wildman–Crippen LogP) is 1.95. The number of nitrogens with zero attached hydrogens (tertiary/aromatic N) is 2. The summed E-state index contributed by atoms with van der Waals surface area (Å²) < 4.78 is 31.1. The summed E-state index contributed by atoms with van der Waals surface area (Å²) in [5.74, 6) is -3.74. The Hall–Kier alpha value is -2.94. The van der Waals surface area contributed by atoms with Gasteiger partial charge < -0.3 is 33.9 Å². The van der Waals surface area contributed by atoms with E-state index >= 15 is 0 Å². The lowest BCUT2D eigenvalue weighted by atomic mass is 9.42. The number of amides is 2. The van der Waals surface area contributed by atoms with Crippen LogP contribution in [0.1, 0.15) is 63.2 Å². The number of carbonyl (C=O) groups excluding carboxylic acids is 4. The second-order valence-electron chi connectivity index (χ2n) is 16.3. The van der Waals surface area contributed by atoms with Crippen LogP contribution in [0.25, 0.3) is 0 Å². The number of carbonyl (C=O) groups is 4. The number of benzene rings is 1. The van der Waals surface area contributed by atoms with Crippen molar-refractivity contribution < 1.29 is 53.1 Å². The third-order valence-corrected chi connectivity index (χ3v) is 14.6. The van der Waals surface area contributed by atoms with Crippen LogP contribution in [0.2, 0.25) is 0 Å². The Labute approximate surface area is 297 Å². The summed E-state index contributed by atoms with van der Waals surface area (Å²) in [7, 11) is 4.85. The summed E-state index contributed by atoms with van der Waals surface area (Å²) in [5, 5.41) is 26.7. The van der Waals surface area contributed by atoms with E-state index in [1.54, 1.807) is 52.5 Å². The van der Waals surface area contributed by atoms with Gasteiger partial charge in [-0.3, -0.25) is 19.3 Å². The molecule has 2 saturated heterocycles. The van der Waals surface area contributed by atoms with Crippen LogP contribution >= 0.6 is 0 Å². The molecule has 278 valence electrons. The minimum atomic E-state index is -1.82. The molecule has 0 radical (unpaired) electrons. The maximum Gasteiger partial charge on any atom is 0.340 e. The maximum absolute atomic E-state index is 14.1. The monoisotopic (exact) mass is 710 g/mol. The zero-order valence-electron chi connectivity index (χ0n) is 30.2. The SMILES string of the molecule is CCN1C[C@]2(COC(=O)c3ccccc3N3C(=O)C[C@H](C)C3=O)CC[C@H](OC)[C@]34[C@@H]5C[C@H]6[C@H](OC(C)=O)[C@@H]5[C@](O)(C[C@@H]6OC)C(O)([C@@H]13)[C@@H](OC)[C@H]24. The van der Waals surface area contributed by atoms with Crippen molar-refractivity contribution in [2.24, 2.45) is 40.4 Å². The second-order valence-corrected chi connectivity index (χ2v) is 16.3. The zero-order chi connectivity index (χ0) is 36.4. The van der Waals surface area contributed by atoms with E-state index in [-0.39, 0.29) is 60.5 Å². The van der Waals surface area contributed by atoms with Crippen LogP contribution in [-0.4, -0.2) is 122 Å². The van der Waals surface area contributed by atoms with Gasteiger partial charge in [-0.1, -0.05) is 26.0 Å². The number of hydrogen-bond acceptors (Lipinski definition) is 12. The van der Waals surface area contributed by atoms with E-state index in [9.17, 15) is 29.4 Å². The molecule has 7 aliphatic rings. The fourth-order valence-electron chi connectivity index (χ4n) is 13.2. The number of likely N-dealkylation sites (tertiary alicyclic amines) is 1. The number of aliphatic hydroxyl groups is 2. The quantitative estimate of drug-likeness (QED) is 0.284. The van der Waals surface area contributed by atoms with Gasteiger partial charge in [0.25, 0.3) is 0 Å². The van der Waals surface area contributed by atoms with Crippen molar-refractivity contribution in [1.82, 2.24) is 4.90 Å². The van der Waals surface area contributed by atoms with Crippen molar-refractivity contribution in [2.45, 2.75) is 94.5 Å². The Bertz CT molecular complexity index is 1650. The predicted molar refractivity (Wildman–Crippen MR) is 179 cm³/mol. The highest BCUT2D eigenvalue weighted by molar-refractivity contribution is 6.22. The van der Waals surface area contributed by atoms with Gasteiger partial charge in [0.2, 0.25) is 11.8 Å². The molecule has 1 spiro atoms. The number of likely N-dealkylation sites (N-methyl/N-ethyl adjacent to an activating group) is 1. The van der Waals surface area contributed by atoms with Gasteiger partial charge in [-0.15, -0.1) is 0 Å². The molecule has 1 aromatic rings. The summed E-state index contributed by atoms with van der Waals surface area (Å²) in [6.07, 6.45) is -0.303. The van der Waals surface area contributed by atoms with Gasteiger partial charge in [0.05, 0.1) is 42.2 Å². The van der Waals surface area contributed by atoms with Crippen molar-refractivity contribution in [2.75, 3.05) is 45.9 Å². The smallest absolute Gasteiger partial charge is 0.340 e. The third-order valence-electron chi connectivity index (χ3n) is 14.6. The molecule has 13 heteroatoms. The number of rotatable bonds is 9. The van der Waals surface area contributed by atoms with E-state index in [1.807, 2.05) is 6.92 Å². The van der Waals surface area contributed by atoms with Crippen LogP contribution in [-0.2, 0) is 38.1 Å². The molecule has 5 aliphatic carbocycles. The van der Waals surface area contributed by atoms with Gasteiger partial charge in [0, 0.05) is 82.1 Å². The fourth-order valence-corrected chi connectivity index (χ4v) is 13.2. The van der Waals surface area contributed by atoms with Crippen molar-refractivity contribution >= 4 is 29.4 Å². The average molecular weight is 711 g/mol. The van der Waals surface area contributed by atoms with Crippen LogP contribution in [0.15, 0.2) is 24.3 Å². The number of anilines is 1. The summed E-state index contributed by atoms with van der Waals surface area (Å²) >= 11 is 0. The molecule has 14 atom stereocenters. The van der Waals surface area contributed by atoms with Crippen LogP contribution in [0.3, 0.4) is 0 Å². The van der Waals surface area contributed by atoms with Crippen molar-refractivity contribution in [1.29, 1.82) is 0 Å². The summed E-state index contributed by atoms with van der Waals surface area (Å²) in [6, 6.07) is 5.95. The molecule has 7 fully saturated rings. The molecule has 1 aromatic carbocycles. The van der Waals surface area contributed by atoms with Gasteiger partial charge >= 0.3 is 11.9 Å². The molecule has 2 amide bonds. The van der Waals surface area contributed by atoms with Gasteiger partial charge in [0.1, 0.15) is 17.3 Å². The second kappa shape index (κ2) is 11.8. The fraction of sp³-hybridized carbons (Fsp3) is 0.737. The Kier molecular flexibility index (Phi) is 8.11. The van der Waals surface area contributed by atoms with Gasteiger partial charge in [-0.25, -0.2) is 9.69 Å². The van der Waals surface area contributed by atoms with E-state index in [4.69, 9.17) is 23.7 Å². The number of ether oxygens (including phenoxy) is 5. The first kappa shape index (κ1) is 35.1. The highest BCUT2D eigenvalue weighted by atomic mass is 16.6. The molecule has 51 heavy (non-hydrogen) atoms. The van der Waals surface area contributed by atoms with Crippen LogP contribution < -0.4 is 4.90 Å². The normalized spacial score (nSPS) is 46.4. The molecule has 2 N–H and O–H groups in total. The molecule has 13 nitrogen and oxygen atoms in total. The minimum Gasteiger partial charge on any atom is -0.462 e. The molecule has 7 bridgehead atoms. The lowest BCUT2D eigenvalue weighted by Crippen LogP contribution is -2.82. The van der Waals surface area contributed by atoms with E-state index < -0.39 is 76.1 Å². The molecular weight excluding hydrogens is 660 g/mol. The van der Waals surface area contributed by atoms with Crippen molar-refractivity contribution in [3.63, 3.8) is 0 Å². The first-order valence-electron chi connectivity index (χ1n) is 18.4. The highest BCUT2D eigenvalue weighted by Gasteiger charge is 2.92. The van der Waals surface area contributed by atoms with Gasteiger partial charge in [-0.2, -0.15) is 0 Å². The third kappa shape index (κ3) is 4.19. The number of fused-ring (bicyclic) bond motifs is 2. The number of imide groups is 1. The lowest BCUT2D eigenvalue weighted by Gasteiger charge is -2.70. The molecule has 5 saturated carbocycles. The average Bonchev–Trinajstić information content (AvgIpc) is 3.61. The lowest BCUT2D eigenvalue weighted by molar-refractivity contribution is -0.319. The number of piperidine rings is 1. The standard InChI is InChI=1S/C38H50N2O11/c1-7-39-17-35(18-50-33(44)21-10-8-9-11-24(21)40-27(42)14-19(2)32(40)43)13-12-26(48-5)37-23-15-22-25(47-4)16-36(45,28(23)29(22)51-20(3)41)38(46,34(37)39)31(49-6)30(35)37/h8-11,19,22-23,25-26,28-31,34,45-46H,7,12-18H2,1-6H3/t19-,22+,23+,25-,26-,28+,29-,30+,31-,34-,35-,36+,37-,38?/m0/s1. The van der Waals surface area contributed by atoms with E-state index in [1.165, 1.54) is 6.92 Å². The molecule has 2 heterocycles. The van der Waals surface area contributed by atoms with Gasteiger partial charge in [-0.05, 0) is 43.9 Å². The minimum absolute atomic E-state index is 0.0201. The maximum atomic E-state index is 14.1. The van der Waals surface area contributed by atoms with E-state index in [2.05, 4.69) is 4.90 Å². The number of hydrogen-bond donors (Lipinski definition) is 2. The van der Waals surface area contributed by atoms with E-state index in [0.717, 1.165) is 4.90 Å². The largest absolute Gasteiger partial charge is 0.462 e. The topological polar surface area (TPSA) is 161 Å². The molecule has 2 aliphatic heterocycles. The molecular formula is C38H50N2O11. The first-order chi connectivity index (χ1) is 24.3. The number of esters is 2. The molecule has 0 aromatic heterocycles. The first-order valence-corrected chi connectivity index (χ1v) is 18.4. The zero-order valence-corrected chi connectivity index (χ0v) is 30.2. The van der Waals surface area contributed by atoms with Crippen LogP contribution in [0.5, 0.6) is 0 Å². The van der Waals surface area contributed by atoms with E-state index in [0.29, 0.717) is 32.4 Å². The Balaban J connectivity index is 1.24. The van der Waals surface area contributed by atoms with Crippen LogP contribution in [0, 0.1) is 40.4 Å². The Morgan fingerprint density at radius 3 is 2.43 bits per heavy atom.